The number of rotatable bonds is 2. The normalized spacial score (nSPS) is 18.4. The molecule has 2 aromatic carbocycles. The Balaban J connectivity index is 2.17. The molecule has 22 heavy (non-hydrogen) atoms. The molecule has 1 amide bonds. The van der Waals surface area contributed by atoms with Crippen LogP contribution in [0.2, 0.25) is 0 Å². The number of para-hydroxylation sites is 3. The van der Waals surface area contributed by atoms with Crippen molar-refractivity contribution in [3.63, 3.8) is 0 Å². The molecule has 0 unspecified atom stereocenters. The topological polar surface area (TPSA) is 49.6 Å². The molecule has 1 heterocycles. The number of hydrogen-bond acceptors (Lipinski definition) is 3. The van der Waals surface area contributed by atoms with Gasteiger partial charge in [-0.1, -0.05) is 30.3 Å². The lowest BCUT2D eigenvalue weighted by molar-refractivity contribution is -0.119. The van der Waals surface area contributed by atoms with Gasteiger partial charge in [-0.15, -0.1) is 0 Å². The third-order valence-electron chi connectivity index (χ3n) is 3.95. The van der Waals surface area contributed by atoms with E-state index in [1.807, 2.05) is 73.3 Å². The Labute approximate surface area is 131 Å². The maximum atomic E-state index is 12.7. The van der Waals surface area contributed by atoms with Crippen LogP contribution in [0.5, 0.6) is 0 Å². The van der Waals surface area contributed by atoms with Gasteiger partial charge in [-0.3, -0.25) is 4.79 Å². The molecule has 0 saturated heterocycles. The van der Waals surface area contributed by atoms with E-state index in [0.717, 1.165) is 17.1 Å². The third kappa shape index (κ3) is 2.46. The standard InChI is InChI=1S/C18H21N3O/c1-13(2)21-17-11-7-6-10-16(17)20(12-15(19)18(21)22)14-8-4-3-5-9-14/h3-11,13,15H,12,19H2,1-2H3/t15-/m0/s1. The van der Waals surface area contributed by atoms with Gasteiger partial charge in [0.05, 0.1) is 11.4 Å². The van der Waals surface area contributed by atoms with Gasteiger partial charge in [-0.2, -0.15) is 0 Å². The lowest BCUT2D eigenvalue weighted by atomic mass is 10.2. The minimum atomic E-state index is -0.546. The molecule has 4 heteroatoms. The zero-order valence-electron chi connectivity index (χ0n) is 12.9. The predicted molar refractivity (Wildman–Crippen MR) is 90.5 cm³/mol. The zero-order chi connectivity index (χ0) is 15.7. The van der Waals surface area contributed by atoms with Gasteiger partial charge in [0, 0.05) is 18.3 Å². The molecular weight excluding hydrogens is 274 g/mol. The Bertz CT molecular complexity index is 669. The average Bonchev–Trinajstić information content (AvgIpc) is 2.64. The van der Waals surface area contributed by atoms with E-state index in [9.17, 15) is 4.79 Å². The SMILES string of the molecule is CC(C)N1C(=O)[C@@H](N)CN(c2ccccc2)c2ccccc21. The molecule has 4 nitrogen and oxygen atoms in total. The van der Waals surface area contributed by atoms with Crippen LogP contribution in [0.15, 0.2) is 54.6 Å². The summed E-state index contributed by atoms with van der Waals surface area (Å²) in [7, 11) is 0. The number of nitrogens with zero attached hydrogens (tertiary/aromatic N) is 2. The summed E-state index contributed by atoms with van der Waals surface area (Å²) in [5, 5.41) is 0. The number of amides is 1. The molecular formula is C18H21N3O. The number of hydrogen-bond donors (Lipinski definition) is 1. The highest BCUT2D eigenvalue weighted by atomic mass is 16.2. The van der Waals surface area contributed by atoms with Crippen LogP contribution in [0, 0.1) is 0 Å². The fourth-order valence-corrected chi connectivity index (χ4v) is 2.95. The molecule has 0 aliphatic carbocycles. The summed E-state index contributed by atoms with van der Waals surface area (Å²) in [6.07, 6.45) is 0. The summed E-state index contributed by atoms with van der Waals surface area (Å²) in [5.74, 6) is -0.0270. The van der Waals surface area contributed by atoms with Crippen molar-refractivity contribution in [2.45, 2.75) is 25.9 Å². The molecule has 0 aromatic heterocycles. The summed E-state index contributed by atoms with van der Waals surface area (Å²) in [6.45, 7) is 4.50. The van der Waals surface area contributed by atoms with E-state index in [4.69, 9.17) is 5.73 Å². The molecule has 0 spiro atoms. The van der Waals surface area contributed by atoms with Gasteiger partial charge in [0.25, 0.3) is 0 Å². The fraction of sp³-hybridized carbons (Fsp3) is 0.278. The Morgan fingerprint density at radius 1 is 1.00 bits per heavy atom. The van der Waals surface area contributed by atoms with Crippen LogP contribution >= 0.6 is 0 Å². The van der Waals surface area contributed by atoms with Crippen LogP contribution in [0.1, 0.15) is 13.8 Å². The quantitative estimate of drug-likeness (QED) is 0.927. The minimum absolute atomic E-state index is 0.0270. The second-order valence-corrected chi connectivity index (χ2v) is 5.84. The highest BCUT2D eigenvalue weighted by molar-refractivity contribution is 6.03. The first-order valence-corrected chi connectivity index (χ1v) is 7.60. The first kappa shape index (κ1) is 14.6. The molecule has 0 fully saturated rings. The fourth-order valence-electron chi connectivity index (χ4n) is 2.95. The van der Waals surface area contributed by atoms with Gasteiger partial charge in [-0.25, -0.2) is 0 Å². The van der Waals surface area contributed by atoms with Gasteiger partial charge >= 0.3 is 0 Å². The van der Waals surface area contributed by atoms with Crippen molar-refractivity contribution in [2.75, 3.05) is 16.3 Å². The summed E-state index contributed by atoms with van der Waals surface area (Å²) in [4.78, 5) is 16.6. The van der Waals surface area contributed by atoms with Crippen molar-refractivity contribution < 1.29 is 4.79 Å². The van der Waals surface area contributed by atoms with Crippen LogP contribution in [0.3, 0.4) is 0 Å². The molecule has 2 aromatic rings. The van der Waals surface area contributed by atoms with Crippen molar-refractivity contribution in [1.29, 1.82) is 0 Å². The van der Waals surface area contributed by atoms with E-state index >= 15 is 0 Å². The minimum Gasteiger partial charge on any atom is -0.338 e. The smallest absolute Gasteiger partial charge is 0.246 e. The molecule has 0 saturated carbocycles. The molecule has 114 valence electrons. The number of anilines is 3. The van der Waals surface area contributed by atoms with Gasteiger partial charge < -0.3 is 15.5 Å². The van der Waals surface area contributed by atoms with Crippen LogP contribution in [0.4, 0.5) is 17.1 Å². The van der Waals surface area contributed by atoms with E-state index in [2.05, 4.69) is 4.90 Å². The first-order valence-electron chi connectivity index (χ1n) is 7.60. The van der Waals surface area contributed by atoms with Crippen molar-refractivity contribution in [2.24, 2.45) is 5.73 Å². The molecule has 3 rings (SSSR count). The van der Waals surface area contributed by atoms with Crippen molar-refractivity contribution in [3.8, 4) is 0 Å². The number of carbonyl (C=O) groups is 1. The van der Waals surface area contributed by atoms with E-state index < -0.39 is 6.04 Å². The monoisotopic (exact) mass is 295 g/mol. The first-order chi connectivity index (χ1) is 10.6. The van der Waals surface area contributed by atoms with Crippen LogP contribution in [-0.4, -0.2) is 24.5 Å². The molecule has 1 atom stereocenters. The number of nitrogens with two attached hydrogens (primary N) is 1. The Kier molecular flexibility index (Phi) is 3.86. The predicted octanol–water partition coefficient (Wildman–Crippen LogP) is 2.91. The van der Waals surface area contributed by atoms with E-state index in [1.165, 1.54) is 0 Å². The van der Waals surface area contributed by atoms with Crippen LogP contribution < -0.4 is 15.5 Å². The van der Waals surface area contributed by atoms with Gasteiger partial charge in [0.2, 0.25) is 5.91 Å². The lowest BCUT2D eigenvalue weighted by Gasteiger charge is -2.28. The van der Waals surface area contributed by atoms with Gasteiger partial charge in [-0.05, 0) is 38.1 Å². The maximum absolute atomic E-state index is 12.7. The largest absolute Gasteiger partial charge is 0.338 e. The lowest BCUT2D eigenvalue weighted by Crippen LogP contribution is -2.49. The number of fused-ring (bicyclic) bond motifs is 1. The van der Waals surface area contributed by atoms with Crippen molar-refractivity contribution >= 4 is 23.0 Å². The summed E-state index contributed by atoms with van der Waals surface area (Å²) in [5.41, 5.74) is 9.16. The molecule has 1 aliphatic heterocycles. The summed E-state index contributed by atoms with van der Waals surface area (Å²) < 4.78 is 0. The zero-order valence-corrected chi connectivity index (χ0v) is 12.9. The Hall–Kier alpha value is -2.33. The van der Waals surface area contributed by atoms with Crippen LogP contribution in [-0.2, 0) is 4.79 Å². The number of benzene rings is 2. The second kappa shape index (κ2) is 5.81. The Morgan fingerprint density at radius 2 is 1.59 bits per heavy atom. The average molecular weight is 295 g/mol. The Morgan fingerprint density at radius 3 is 2.23 bits per heavy atom. The second-order valence-electron chi connectivity index (χ2n) is 5.84. The third-order valence-corrected chi connectivity index (χ3v) is 3.95. The van der Waals surface area contributed by atoms with E-state index in [1.54, 1.807) is 0 Å². The molecule has 0 bridgehead atoms. The van der Waals surface area contributed by atoms with Crippen molar-refractivity contribution in [3.05, 3.63) is 54.6 Å². The molecule has 1 aliphatic rings. The van der Waals surface area contributed by atoms with E-state index in [0.29, 0.717) is 6.54 Å². The van der Waals surface area contributed by atoms with Crippen LogP contribution in [0.25, 0.3) is 0 Å². The highest BCUT2D eigenvalue weighted by Gasteiger charge is 2.33. The number of carbonyl (C=O) groups excluding carboxylic acids is 1. The highest BCUT2D eigenvalue weighted by Crippen LogP contribution is 2.37. The van der Waals surface area contributed by atoms with Gasteiger partial charge in [0.15, 0.2) is 0 Å². The summed E-state index contributed by atoms with van der Waals surface area (Å²) in [6, 6.07) is 17.6. The maximum Gasteiger partial charge on any atom is 0.246 e. The van der Waals surface area contributed by atoms with Gasteiger partial charge in [0.1, 0.15) is 6.04 Å². The molecule has 2 N–H and O–H groups in total. The van der Waals surface area contributed by atoms with Crippen molar-refractivity contribution in [1.82, 2.24) is 0 Å². The van der Waals surface area contributed by atoms with E-state index in [-0.39, 0.29) is 11.9 Å². The molecule has 0 radical (unpaired) electrons. The summed E-state index contributed by atoms with van der Waals surface area (Å²) >= 11 is 0.